The van der Waals surface area contributed by atoms with Gasteiger partial charge in [-0.15, -0.1) is 0 Å². The Morgan fingerprint density at radius 1 is 1.17 bits per heavy atom. The molecule has 0 saturated carbocycles. The third kappa shape index (κ3) is 4.94. The molecule has 0 spiro atoms. The van der Waals surface area contributed by atoms with Crippen molar-refractivity contribution < 1.29 is 19.8 Å². The highest BCUT2D eigenvalue weighted by atomic mass is 16.3. The topological polar surface area (TPSA) is 98.7 Å². The summed E-state index contributed by atoms with van der Waals surface area (Å²) in [6.45, 7) is -0.640. The first kappa shape index (κ1) is 14.1. The number of amides is 2. The first-order chi connectivity index (χ1) is 8.63. The molecule has 0 radical (unpaired) electrons. The molecular weight excluding hydrogens is 236 g/mol. The van der Waals surface area contributed by atoms with E-state index in [4.69, 9.17) is 10.2 Å². The highest BCUT2D eigenvalue weighted by Gasteiger charge is 2.08. The molecule has 1 atom stereocenters. The van der Waals surface area contributed by atoms with Gasteiger partial charge < -0.3 is 20.8 Å². The molecule has 1 rings (SSSR count). The summed E-state index contributed by atoms with van der Waals surface area (Å²) in [6.07, 6.45) is -0.987. The van der Waals surface area contributed by atoms with Crippen LogP contribution in [0.15, 0.2) is 30.3 Å². The molecule has 0 aliphatic carbocycles. The van der Waals surface area contributed by atoms with Crippen LogP contribution in [0.25, 0.3) is 0 Å². The lowest BCUT2D eigenvalue weighted by Gasteiger charge is -2.09. The van der Waals surface area contributed by atoms with Crippen molar-refractivity contribution in [2.24, 2.45) is 0 Å². The first-order valence-electron chi connectivity index (χ1n) is 5.52. The van der Waals surface area contributed by atoms with Gasteiger partial charge in [0.2, 0.25) is 5.91 Å². The molecular formula is C12H16N2O4. The molecule has 0 aliphatic rings. The smallest absolute Gasteiger partial charge is 0.251 e. The van der Waals surface area contributed by atoms with Crippen LogP contribution in [0.2, 0.25) is 0 Å². The maximum atomic E-state index is 11.6. The van der Waals surface area contributed by atoms with E-state index in [1.165, 1.54) is 0 Å². The Labute approximate surface area is 105 Å². The SMILES string of the molecule is O=C(CNC(=O)c1ccccc1)NCC(O)CO. The second-order valence-electron chi connectivity index (χ2n) is 3.69. The van der Waals surface area contributed by atoms with Gasteiger partial charge >= 0.3 is 0 Å². The lowest BCUT2D eigenvalue weighted by molar-refractivity contribution is -0.120. The van der Waals surface area contributed by atoms with Gasteiger partial charge in [0.15, 0.2) is 0 Å². The highest BCUT2D eigenvalue weighted by molar-refractivity contribution is 5.96. The fraction of sp³-hybridized carbons (Fsp3) is 0.333. The zero-order valence-corrected chi connectivity index (χ0v) is 9.80. The minimum absolute atomic E-state index is 0.0451. The van der Waals surface area contributed by atoms with Gasteiger partial charge in [0.05, 0.1) is 19.3 Å². The second-order valence-corrected chi connectivity index (χ2v) is 3.69. The Hall–Kier alpha value is -1.92. The van der Waals surface area contributed by atoms with Crippen LogP contribution in [0.4, 0.5) is 0 Å². The number of aliphatic hydroxyl groups is 2. The largest absolute Gasteiger partial charge is 0.394 e. The van der Waals surface area contributed by atoms with E-state index in [1.54, 1.807) is 30.3 Å². The summed E-state index contributed by atoms with van der Waals surface area (Å²) < 4.78 is 0. The molecule has 0 bridgehead atoms. The van der Waals surface area contributed by atoms with Crippen molar-refractivity contribution in [2.45, 2.75) is 6.10 Å². The van der Waals surface area contributed by atoms with E-state index in [-0.39, 0.29) is 19.0 Å². The summed E-state index contributed by atoms with van der Waals surface area (Å²) in [7, 11) is 0. The molecule has 0 aromatic heterocycles. The average Bonchev–Trinajstić information content (AvgIpc) is 2.42. The molecule has 1 aromatic rings. The third-order valence-electron chi connectivity index (χ3n) is 2.19. The van der Waals surface area contributed by atoms with Crippen molar-refractivity contribution in [1.82, 2.24) is 10.6 Å². The summed E-state index contributed by atoms with van der Waals surface area (Å²) in [5, 5.41) is 22.4. The van der Waals surface area contributed by atoms with E-state index in [1.807, 2.05) is 0 Å². The molecule has 1 aromatic carbocycles. The number of hydrogen-bond acceptors (Lipinski definition) is 4. The molecule has 0 saturated heterocycles. The number of aliphatic hydroxyl groups excluding tert-OH is 2. The quantitative estimate of drug-likeness (QED) is 0.515. The highest BCUT2D eigenvalue weighted by Crippen LogP contribution is 1.97. The number of hydrogen-bond donors (Lipinski definition) is 4. The Morgan fingerprint density at radius 2 is 1.83 bits per heavy atom. The molecule has 0 fully saturated rings. The second kappa shape index (κ2) is 7.41. The van der Waals surface area contributed by atoms with Crippen molar-refractivity contribution in [3.63, 3.8) is 0 Å². The Kier molecular flexibility index (Phi) is 5.83. The Balaban J connectivity index is 2.28. The summed E-state index contributed by atoms with van der Waals surface area (Å²) in [6, 6.07) is 8.53. The molecule has 0 aliphatic heterocycles. The molecule has 6 nitrogen and oxygen atoms in total. The molecule has 4 N–H and O–H groups in total. The maximum Gasteiger partial charge on any atom is 0.251 e. The van der Waals surface area contributed by atoms with Gasteiger partial charge in [-0.1, -0.05) is 18.2 Å². The van der Waals surface area contributed by atoms with Crippen LogP contribution in [-0.4, -0.2) is 47.8 Å². The van der Waals surface area contributed by atoms with E-state index >= 15 is 0 Å². The van der Waals surface area contributed by atoms with Crippen LogP contribution < -0.4 is 10.6 Å². The number of carbonyl (C=O) groups excluding carboxylic acids is 2. The van der Waals surface area contributed by atoms with Gasteiger partial charge in [-0.3, -0.25) is 9.59 Å². The molecule has 6 heteroatoms. The van der Waals surface area contributed by atoms with Crippen molar-refractivity contribution >= 4 is 11.8 Å². The van der Waals surface area contributed by atoms with Gasteiger partial charge in [0.1, 0.15) is 0 Å². The van der Waals surface area contributed by atoms with Crippen LogP contribution >= 0.6 is 0 Å². The van der Waals surface area contributed by atoms with Gasteiger partial charge in [-0.05, 0) is 12.1 Å². The predicted molar refractivity (Wildman–Crippen MR) is 64.9 cm³/mol. The van der Waals surface area contributed by atoms with E-state index in [2.05, 4.69) is 10.6 Å². The standard InChI is InChI=1S/C12H16N2O4/c15-8-10(16)6-13-11(17)7-14-12(18)9-4-2-1-3-5-9/h1-5,10,15-16H,6-8H2,(H,13,17)(H,14,18). The molecule has 18 heavy (non-hydrogen) atoms. The first-order valence-corrected chi connectivity index (χ1v) is 5.52. The van der Waals surface area contributed by atoms with Crippen molar-refractivity contribution in [1.29, 1.82) is 0 Å². The lowest BCUT2D eigenvalue weighted by atomic mass is 10.2. The molecule has 2 amide bonds. The third-order valence-corrected chi connectivity index (χ3v) is 2.19. The van der Waals surface area contributed by atoms with Crippen LogP contribution in [0, 0.1) is 0 Å². The number of benzene rings is 1. The summed E-state index contributed by atoms with van der Waals surface area (Å²) in [5.41, 5.74) is 0.473. The van der Waals surface area contributed by atoms with E-state index in [0.717, 1.165) is 0 Å². The average molecular weight is 252 g/mol. The summed E-state index contributed by atoms with van der Waals surface area (Å²) in [5.74, 6) is -0.764. The van der Waals surface area contributed by atoms with Crippen LogP contribution in [-0.2, 0) is 4.79 Å². The van der Waals surface area contributed by atoms with Gasteiger partial charge in [-0.25, -0.2) is 0 Å². The van der Waals surface area contributed by atoms with Gasteiger partial charge in [0, 0.05) is 12.1 Å². The molecule has 0 heterocycles. The number of carbonyl (C=O) groups is 2. The molecule has 98 valence electrons. The normalized spacial score (nSPS) is 11.7. The maximum absolute atomic E-state index is 11.6. The number of nitrogens with one attached hydrogen (secondary N) is 2. The monoisotopic (exact) mass is 252 g/mol. The van der Waals surface area contributed by atoms with Gasteiger partial charge in [0.25, 0.3) is 5.91 Å². The van der Waals surface area contributed by atoms with E-state index in [9.17, 15) is 9.59 Å². The minimum Gasteiger partial charge on any atom is -0.394 e. The van der Waals surface area contributed by atoms with Crippen LogP contribution in [0.3, 0.4) is 0 Å². The van der Waals surface area contributed by atoms with Gasteiger partial charge in [-0.2, -0.15) is 0 Å². The Morgan fingerprint density at radius 3 is 2.44 bits per heavy atom. The van der Waals surface area contributed by atoms with E-state index in [0.29, 0.717) is 5.56 Å². The summed E-state index contributed by atoms with van der Waals surface area (Å²) in [4.78, 5) is 22.8. The zero-order valence-electron chi connectivity index (χ0n) is 9.80. The minimum atomic E-state index is -0.987. The Bertz CT molecular complexity index is 394. The van der Waals surface area contributed by atoms with E-state index < -0.39 is 18.6 Å². The van der Waals surface area contributed by atoms with Crippen molar-refractivity contribution in [2.75, 3.05) is 19.7 Å². The van der Waals surface area contributed by atoms with Crippen molar-refractivity contribution in [3.05, 3.63) is 35.9 Å². The number of rotatable bonds is 6. The fourth-order valence-electron chi connectivity index (χ4n) is 1.21. The lowest BCUT2D eigenvalue weighted by Crippen LogP contribution is -2.40. The fourth-order valence-corrected chi connectivity index (χ4v) is 1.21. The van der Waals surface area contributed by atoms with Crippen molar-refractivity contribution in [3.8, 4) is 0 Å². The summed E-state index contributed by atoms with van der Waals surface area (Å²) >= 11 is 0. The zero-order chi connectivity index (χ0) is 13.4. The van der Waals surface area contributed by atoms with Crippen LogP contribution in [0.5, 0.6) is 0 Å². The predicted octanol–water partition coefficient (Wildman–Crippen LogP) is -1.11. The molecule has 1 unspecified atom stereocenters. The van der Waals surface area contributed by atoms with Crippen LogP contribution in [0.1, 0.15) is 10.4 Å².